The Kier molecular flexibility index (Phi) is 5.87. The van der Waals surface area contributed by atoms with E-state index in [1.165, 1.54) is 31.4 Å². The molecule has 0 saturated heterocycles. The minimum atomic E-state index is -3.77. The Balaban J connectivity index is 1.72. The predicted octanol–water partition coefficient (Wildman–Crippen LogP) is 4.40. The molecule has 8 heteroatoms. The van der Waals surface area contributed by atoms with Crippen LogP contribution in [0, 0.1) is 0 Å². The molecule has 144 valence electrons. The highest BCUT2D eigenvalue weighted by Gasteiger charge is 2.15. The molecule has 0 fully saturated rings. The van der Waals surface area contributed by atoms with Gasteiger partial charge in [-0.2, -0.15) is 0 Å². The number of ether oxygens (including phenoxy) is 1. The zero-order chi connectivity index (χ0) is 20.1. The molecule has 0 atom stereocenters. The van der Waals surface area contributed by atoms with Crippen LogP contribution in [0.25, 0.3) is 0 Å². The van der Waals surface area contributed by atoms with Crippen LogP contribution < -0.4 is 14.8 Å². The topological polar surface area (TPSA) is 84.5 Å². The lowest BCUT2D eigenvalue weighted by Gasteiger charge is -2.10. The lowest BCUT2D eigenvalue weighted by atomic mass is 10.2. The molecule has 0 heterocycles. The third kappa shape index (κ3) is 4.82. The van der Waals surface area contributed by atoms with Crippen LogP contribution >= 0.6 is 11.6 Å². The fourth-order valence-corrected chi connectivity index (χ4v) is 3.60. The SMILES string of the molecule is COc1cccc(NS(=O)(=O)c2ccc(NC(=O)c3ccc(Cl)cc3)cc2)c1. The summed E-state index contributed by atoms with van der Waals surface area (Å²) in [6.07, 6.45) is 0. The van der Waals surface area contributed by atoms with Gasteiger partial charge in [0, 0.05) is 22.3 Å². The van der Waals surface area contributed by atoms with E-state index >= 15 is 0 Å². The second-order valence-corrected chi connectivity index (χ2v) is 7.94. The van der Waals surface area contributed by atoms with Crippen molar-refractivity contribution in [3.05, 3.63) is 83.4 Å². The molecule has 3 rings (SSSR count). The molecule has 1 amide bonds. The molecule has 0 aliphatic heterocycles. The van der Waals surface area contributed by atoms with E-state index in [9.17, 15) is 13.2 Å². The summed E-state index contributed by atoms with van der Waals surface area (Å²) in [6.45, 7) is 0. The predicted molar refractivity (Wildman–Crippen MR) is 110 cm³/mol. The van der Waals surface area contributed by atoms with Crippen LogP contribution in [-0.4, -0.2) is 21.4 Å². The lowest BCUT2D eigenvalue weighted by molar-refractivity contribution is 0.102. The van der Waals surface area contributed by atoms with Gasteiger partial charge in [0.25, 0.3) is 15.9 Å². The van der Waals surface area contributed by atoms with Gasteiger partial charge in [-0.15, -0.1) is 0 Å². The minimum Gasteiger partial charge on any atom is -0.497 e. The van der Waals surface area contributed by atoms with Crippen LogP contribution in [0.1, 0.15) is 10.4 Å². The molecule has 0 saturated carbocycles. The highest BCUT2D eigenvalue weighted by Crippen LogP contribution is 2.22. The van der Waals surface area contributed by atoms with Crippen molar-refractivity contribution in [2.45, 2.75) is 4.90 Å². The second-order valence-electron chi connectivity index (χ2n) is 5.82. The van der Waals surface area contributed by atoms with Crippen molar-refractivity contribution in [1.82, 2.24) is 0 Å². The molecule has 0 radical (unpaired) electrons. The normalized spacial score (nSPS) is 10.9. The van der Waals surface area contributed by atoms with Crippen LogP contribution in [0.5, 0.6) is 5.75 Å². The van der Waals surface area contributed by atoms with E-state index in [0.29, 0.717) is 27.7 Å². The van der Waals surface area contributed by atoms with Gasteiger partial charge in [0.15, 0.2) is 0 Å². The van der Waals surface area contributed by atoms with Crippen molar-refractivity contribution in [1.29, 1.82) is 0 Å². The van der Waals surface area contributed by atoms with Crippen molar-refractivity contribution < 1.29 is 17.9 Å². The summed E-state index contributed by atoms with van der Waals surface area (Å²) in [5, 5.41) is 3.24. The first-order chi connectivity index (χ1) is 13.4. The fourth-order valence-electron chi connectivity index (χ4n) is 2.42. The molecule has 3 aromatic carbocycles. The Bertz CT molecular complexity index is 1080. The highest BCUT2D eigenvalue weighted by atomic mass is 35.5. The number of carbonyl (C=O) groups excluding carboxylic acids is 1. The molecule has 0 bridgehead atoms. The summed E-state index contributed by atoms with van der Waals surface area (Å²) in [5.41, 5.74) is 1.31. The molecule has 28 heavy (non-hydrogen) atoms. The van der Waals surface area contributed by atoms with Crippen LogP contribution in [0.4, 0.5) is 11.4 Å². The molecular weight excluding hydrogens is 400 g/mol. The largest absolute Gasteiger partial charge is 0.497 e. The number of nitrogens with one attached hydrogen (secondary N) is 2. The standard InChI is InChI=1S/C20H17ClN2O4S/c1-27-18-4-2-3-17(13-18)23-28(25,26)19-11-9-16(10-12-19)22-20(24)14-5-7-15(21)8-6-14/h2-13,23H,1H3,(H,22,24). The van der Waals surface area contributed by atoms with Crippen molar-refractivity contribution >= 4 is 38.9 Å². The van der Waals surface area contributed by atoms with Crippen molar-refractivity contribution in [3.8, 4) is 5.75 Å². The highest BCUT2D eigenvalue weighted by molar-refractivity contribution is 7.92. The number of carbonyl (C=O) groups is 1. The van der Waals surface area contributed by atoms with Gasteiger partial charge in [0.05, 0.1) is 17.7 Å². The van der Waals surface area contributed by atoms with E-state index in [2.05, 4.69) is 10.0 Å². The summed E-state index contributed by atoms with van der Waals surface area (Å²) < 4.78 is 32.7. The number of sulfonamides is 1. The van der Waals surface area contributed by atoms with E-state index in [1.807, 2.05) is 0 Å². The first-order valence-corrected chi connectivity index (χ1v) is 10.1. The van der Waals surface area contributed by atoms with Crippen LogP contribution in [0.15, 0.2) is 77.7 Å². The maximum Gasteiger partial charge on any atom is 0.261 e. The molecule has 0 aliphatic carbocycles. The van der Waals surface area contributed by atoms with Gasteiger partial charge in [0.2, 0.25) is 0 Å². The molecule has 0 aliphatic rings. The Hall–Kier alpha value is -3.03. The van der Waals surface area contributed by atoms with Crippen LogP contribution in [0.3, 0.4) is 0 Å². The van der Waals surface area contributed by atoms with Gasteiger partial charge < -0.3 is 10.1 Å². The van der Waals surface area contributed by atoms with Gasteiger partial charge in [-0.3, -0.25) is 9.52 Å². The summed E-state index contributed by atoms with van der Waals surface area (Å²) >= 11 is 5.81. The number of halogens is 1. The molecule has 0 aromatic heterocycles. The van der Waals surface area contributed by atoms with Crippen molar-refractivity contribution in [3.63, 3.8) is 0 Å². The molecular formula is C20H17ClN2O4S. The maximum absolute atomic E-state index is 12.5. The van der Waals surface area contributed by atoms with Crippen molar-refractivity contribution in [2.24, 2.45) is 0 Å². The zero-order valence-corrected chi connectivity index (χ0v) is 16.4. The van der Waals surface area contributed by atoms with Gasteiger partial charge in [-0.25, -0.2) is 8.42 Å². The number of anilines is 2. The number of amides is 1. The Morgan fingerprint density at radius 3 is 2.25 bits per heavy atom. The summed E-state index contributed by atoms with van der Waals surface area (Å²) in [4.78, 5) is 12.3. The molecule has 6 nitrogen and oxygen atoms in total. The second kappa shape index (κ2) is 8.33. The molecule has 0 unspecified atom stereocenters. The van der Waals surface area contributed by atoms with Gasteiger partial charge >= 0.3 is 0 Å². The molecule has 2 N–H and O–H groups in total. The number of methoxy groups -OCH3 is 1. The van der Waals surface area contributed by atoms with E-state index in [0.717, 1.165) is 0 Å². The van der Waals surface area contributed by atoms with Gasteiger partial charge in [0.1, 0.15) is 5.75 Å². The summed E-state index contributed by atoms with van der Waals surface area (Å²) in [5.74, 6) is 0.224. The Morgan fingerprint density at radius 1 is 0.929 bits per heavy atom. The first-order valence-electron chi connectivity index (χ1n) is 8.21. The average molecular weight is 417 g/mol. The molecule has 3 aromatic rings. The Labute approximate surface area is 168 Å². The monoisotopic (exact) mass is 416 g/mol. The fraction of sp³-hybridized carbons (Fsp3) is 0.0500. The smallest absolute Gasteiger partial charge is 0.261 e. The zero-order valence-electron chi connectivity index (χ0n) is 14.8. The third-order valence-electron chi connectivity index (χ3n) is 3.85. The first kappa shape index (κ1) is 19.7. The third-order valence-corrected chi connectivity index (χ3v) is 5.50. The van der Waals surface area contributed by atoms with E-state index in [1.54, 1.807) is 48.5 Å². The molecule has 0 spiro atoms. The van der Waals surface area contributed by atoms with Gasteiger partial charge in [-0.1, -0.05) is 17.7 Å². The Morgan fingerprint density at radius 2 is 1.61 bits per heavy atom. The van der Waals surface area contributed by atoms with E-state index in [-0.39, 0.29) is 10.8 Å². The summed E-state index contributed by atoms with van der Waals surface area (Å²) in [7, 11) is -2.27. The maximum atomic E-state index is 12.5. The minimum absolute atomic E-state index is 0.0693. The number of rotatable bonds is 6. The van der Waals surface area contributed by atoms with Crippen LogP contribution in [-0.2, 0) is 10.0 Å². The quantitative estimate of drug-likeness (QED) is 0.623. The van der Waals surface area contributed by atoms with Crippen LogP contribution in [0.2, 0.25) is 5.02 Å². The number of hydrogen-bond donors (Lipinski definition) is 2. The summed E-state index contributed by atoms with van der Waals surface area (Å²) in [6, 6.07) is 18.9. The average Bonchev–Trinajstić information content (AvgIpc) is 2.68. The van der Waals surface area contributed by atoms with E-state index < -0.39 is 10.0 Å². The van der Waals surface area contributed by atoms with E-state index in [4.69, 9.17) is 16.3 Å². The van der Waals surface area contributed by atoms with Gasteiger partial charge in [-0.05, 0) is 60.7 Å². The lowest BCUT2D eigenvalue weighted by Crippen LogP contribution is -2.14. The van der Waals surface area contributed by atoms with Crippen molar-refractivity contribution in [2.75, 3.05) is 17.1 Å². The number of hydrogen-bond acceptors (Lipinski definition) is 4. The number of benzene rings is 3.